The predicted molar refractivity (Wildman–Crippen MR) is 87.7 cm³/mol. The van der Waals surface area contributed by atoms with Gasteiger partial charge in [0.15, 0.2) is 5.65 Å². The Kier molecular flexibility index (Phi) is 4.49. The third kappa shape index (κ3) is 3.16. The van der Waals surface area contributed by atoms with E-state index in [1.807, 2.05) is 6.07 Å². The van der Waals surface area contributed by atoms with Gasteiger partial charge in [-0.1, -0.05) is 6.92 Å². The summed E-state index contributed by atoms with van der Waals surface area (Å²) in [5.74, 6) is 0.413. The number of hydrogen-bond donors (Lipinski definition) is 3. The van der Waals surface area contributed by atoms with E-state index < -0.39 is 5.54 Å². The quantitative estimate of drug-likeness (QED) is 0.746. The van der Waals surface area contributed by atoms with Crippen molar-refractivity contribution in [2.75, 3.05) is 26.7 Å². The second kappa shape index (κ2) is 6.55. The van der Waals surface area contributed by atoms with Crippen molar-refractivity contribution >= 4 is 17.1 Å². The van der Waals surface area contributed by atoms with E-state index in [1.165, 1.54) is 0 Å². The summed E-state index contributed by atoms with van der Waals surface area (Å²) in [6.07, 6.45) is 5.88. The van der Waals surface area contributed by atoms with Crippen molar-refractivity contribution < 1.29 is 4.79 Å². The summed E-state index contributed by atoms with van der Waals surface area (Å²) in [5, 5.41) is 9.55. The number of likely N-dealkylation sites (N-methyl/N-ethyl adjacent to an activating group) is 1. The lowest BCUT2D eigenvalue weighted by Crippen LogP contribution is -2.58. The van der Waals surface area contributed by atoms with Crippen LogP contribution in [0.2, 0.25) is 0 Å². The third-order valence-electron chi connectivity index (χ3n) is 4.22. The Labute approximate surface area is 135 Å². The van der Waals surface area contributed by atoms with Crippen LogP contribution in [0, 0.1) is 5.92 Å². The van der Waals surface area contributed by atoms with E-state index in [-0.39, 0.29) is 12.5 Å². The van der Waals surface area contributed by atoms with Gasteiger partial charge in [0.2, 0.25) is 5.91 Å². The van der Waals surface area contributed by atoms with Crippen molar-refractivity contribution in [3.05, 3.63) is 30.2 Å². The fourth-order valence-electron chi connectivity index (χ4n) is 3.37. The molecule has 1 saturated heterocycles. The monoisotopic (exact) mass is 314 g/mol. The van der Waals surface area contributed by atoms with E-state index >= 15 is 0 Å². The summed E-state index contributed by atoms with van der Waals surface area (Å²) in [7, 11) is 1.77. The number of nitrogens with one attached hydrogen (secondary N) is 3. The predicted octanol–water partition coefficient (Wildman–Crippen LogP) is 0.185. The van der Waals surface area contributed by atoms with E-state index in [4.69, 9.17) is 0 Å². The lowest BCUT2D eigenvalue weighted by molar-refractivity contribution is -0.122. The van der Waals surface area contributed by atoms with Gasteiger partial charge in [-0.15, -0.1) is 0 Å². The molecular weight excluding hydrogens is 292 g/mol. The van der Waals surface area contributed by atoms with Crippen LogP contribution in [0.1, 0.15) is 18.9 Å². The Bertz CT molecular complexity index is 701. The zero-order valence-electron chi connectivity index (χ0n) is 13.5. The highest BCUT2D eigenvalue weighted by molar-refractivity contribution is 5.81. The number of pyridine rings is 1. The highest BCUT2D eigenvalue weighted by atomic mass is 16.2. The first-order chi connectivity index (χ1) is 11.1. The van der Waals surface area contributed by atoms with E-state index in [9.17, 15) is 4.79 Å². The van der Waals surface area contributed by atoms with Crippen molar-refractivity contribution in [3.8, 4) is 0 Å². The summed E-state index contributed by atoms with van der Waals surface area (Å²) in [5.41, 5.74) is 1.82. The lowest BCUT2D eigenvalue weighted by atomic mass is 9.78. The van der Waals surface area contributed by atoms with E-state index in [2.05, 4.69) is 37.8 Å². The highest BCUT2D eigenvalue weighted by Crippen LogP contribution is 2.33. The Balaban J connectivity index is 2.08. The molecule has 3 N–H and O–H groups in total. The first kappa shape index (κ1) is 15.8. The van der Waals surface area contributed by atoms with Crippen molar-refractivity contribution in [1.82, 2.24) is 30.9 Å². The molecule has 0 unspecified atom stereocenters. The molecule has 1 aliphatic heterocycles. The second-order valence-electron chi connectivity index (χ2n) is 6.19. The molecule has 122 valence electrons. The normalized spacial score (nSPS) is 24.5. The van der Waals surface area contributed by atoms with Gasteiger partial charge in [0.25, 0.3) is 0 Å². The minimum atomic E-state index is -0.497. The number of nitrogens with zero attached hydrogens (tertiary/aromatic N) is 3. The van der Waals surface area contributed by atoms with Crippen LogP contribution < -0.4 is 16.0 Å². The Morgan fingerprint density at radius 3 is 2.91 bits per heavy atom. The Morgan fingerprint density at radius 1 is 1.35 bits per heavy atom. The van der Waals surface area contributed by atoms with Crippen molar-refractivity contribution in [1.29, 1.82) is 0 Å². The van der Waals surface area contributed by atoms with Crippen molar-refractivity contribution in [2.24, 2.45) is 5.92 Å². The number of carbonyl (C=O) groups excluding carboxylic acids is 1. The fraction of sp³-hybridized carbons (Fsp3) is 0.500. The van der Waals surface area contributed by atoms with Crippen LogP contribution in [-0.4, -0.2) is 47.5 Å². The average molecular weight is 314 g/mol. The minimum absolute atomic E-state index is 0.0303. The van der Waals surface area contributed by atoms with Gasteiger partial charge in [-0.3, -0.25) is 9.78 Å². The van der Waals surface area contributed by atoms with Gasteiger partial charge in [-0.2, -0.15) is 0 Å². The van der Waals surface area contributed by atoms with E-state index in [0.717, 1.165) is 24.0 Å². The van der Waals surface area contributed by atoms with Crippen LogP contribution >= 0.6 is 0 Å². The summed E-state index contributed by atoms with van der Waals surface area (Å²) in [6.45, 7) is 4.08. The summed E-state index contributed by atoms with van der Waals surface area (Å²) < 4.78 is 0. The Morgan fingerprint density at radius 2 is 2.13 bits per heavy atom. The van der Waals surface area contributed by atoms with Crippen molar-refractivity contribution in [2.45, 2.75) is 18.9 Å². The first-order valence-electron chi connectivity index (χ1n) is 7.87. The van der Waals surface area contributed by atoms with Gasteiger partial charge in [-0.25, -0.2) is 9.97 Å². The number of fused-ring (bicyclic) bond motifs is 1. The molecule has 3 heterocycles. The molecule has 7 heteroatoms. The van der Waals surface area contributed by atoms with Crippen LogP contribution in [0.15, 0.2) is 24.7 Å². The largest absolute Gasteiger partial charge is 0.344 e. The van der Waals surface area contributed by atoms with Gasteiger partial charge in [0, 0.05) is 30.7 Å². The highest BCUT2D eigenvalue weighted by Gasteiger charge is 2.39. The van der Waals surface area contributed by atoms with Crippen LogP contribution in [0.3, 0.4) is 0 Å². The molecule has 2 aromatic rings. The number of hydrogen-bond acceptors (Lipinski definition) is 6. The fourth-order valence-corrected chi connectivity index (χ4v) is 3.37. The molecule has 2 atom stereocenters. The van der Waals surface area contributed by atoms with Gasteiger partial charge >= 0.3 is 0 Å². The van der Waals surface area contributed by atoms with E-state index in [1.54, 1.807) is 25.6 Å². The number of amides is 1. The van der Waals surface area contributed by atoms with Gasteiger partial charge in [0.1, 0.15) is 5.52 Å². The summed E-state index contributed by atoms with van der Waals surface area (Å²) >= 11 is 0. The standard InChI is InChI=1S/C16H22N6O/c1-11-7-16(10-18-8-11,22-13(23)9-17-2)12-3-4-20-15-14(12)19-5-6-21-15/h3-6,11,17-18H,7-10H2,1-2H3,(H,22,23)/t11-,16-/m0/s1. The molecule has 0 spiro atoms. The number of carbonyl (C=O) groups is 1. The third-order valence-corrected chi connectivity index (χ3v) is 4.22. The molecule has 2 aromatic heterocycles. The maximum absolute atomic E-state index is 12.3. The van der Waals surface area contributed by atoms with Crippen LogP contribution in [0.5, 0.6) is 0 Å². The van der Waals surface area contributed by atoms with Gasteiger partial charge < -0.3 is 16.0 Å². The molecule has 1 aliphatic rings. The van der Waals surface area contributed by atoms with Crippen LogP contribution in [0.25, 0.3) is 11.2 Å². The molecule has 0 aliphatic carbocycles. The second-order valence-corrected chi connectivity index (χ2v) is 6.19. The van der Waals surface area contributed by atoms with Crippen molar-refractivity contribution in [3.63, 3.8) is 0 Å². The molecule has 0 saturated carbocycles. The first-order valence-corrected chi connectivity index (χ1v) is 7.87. The van der Waals surface area contributed by atoms with Crippen LogP contribution in [-0.2, 0) is 10.3 Å². The molecule has 1 amide bonds. The van der Waals surface area contributed by atoms with Gasteiger partial charge in [-0.05, 0) is 32.0 Å². The zero-order chi connectivity index (χ0) is 16.3. The Hall–Kier alpha value is -2.12. The maximum atomic E-state index is 12.3. The van der Waals surface area contributed by atoms with E-state index in [0.29, 0.717) is 18.1 Å². The SMILES string of the molecule is CNCC(=O)N[C@]1(c2ccnc3nccnc23)CNC[C@@H](C)C1. The average Bonchev–Trinajstić information content (AvgIpc) is 2.54. The number of piperidine rings is 1. The summed E-state index contributed by atoms with van der Waals surface area (Å²) in [6, 6.07) is 1.94. The molecular formula is C16H22N6O. The zero-order valence-corrected chi connectivity index (χ0v) is 13.5. The molecule has 1 fully saturated rings. The summed E-state index contributed by atoms with van der Waals surface area (Å²) in [4.78, 5) is 25.3. The number of rotatable bonds is 4. The van der Waals surface area contributed by atoms with Gasteiger partial charge in [0.05, 0.1) is 12.1 Å². The molecule has 7 nitrogen and oxygen atoms in total. The smallest absolute Gasteiger partial charge is 0.234 e. The lowest BCUT2D eigenvalue weighted by Gasteiger charge is -2.41. The molecule has 0 radical (unpaired) electrons. The van der Waals surface area contributed by atoms with Crippen LogP contribution in [0.4, 0.5) is 0 Å². The molecule has 0 bridgehead atoms. The molecule has 0 aromatic carbocycles. The number of aromatic nitrogens is 3. The molecule has 3 rings (SSSR count). The molecule has 23 heavy (non-hydrogen) atoms. The topological polar surface area (TPSA) is 91.8 Å². The maximum Gasteiger partial charge on any atom is 0.234 e. The minimum Gasteiger partial charge on any atom is -0.344 e.